The summed E-state index contributed by atoms with van der Waals surface area (Å²) in [6.45, 7) is 1.65. The fourth-order valence-electron chi connectivity index (χ4n) is 2.89. The van der Waals surface area contributed by atoms with Gasteiger partial charge in [0.05, 0.1) is 31.9 Å². The number of nitrogens with one attached hydrogen (secondary N) is 1. The molecule has 8 nitrogen and oxygen atoms in total. The topological polar surface area (TPSA) is 118 Å². The number of phenolic OH excluding ortho intramolecular Hbond substituents is 2. The van der Waals surface area contributed by atoms with Crippen molar-refractivity contribution in [3.63, 3.8) is 0 Å². The molecule has 2 aromatic carbocycles. The minimum atomic E-state index is -0.761. The first-order valence-electron chi connectivity index (χ1n) is 8.34. The molecule has 3 aromatic rings. The summed E-state index contributed by atoms with van der Waals surface area (Å²) in [4.78, 5) is 24.8. The molecule has 0 saturated heterocycles. The molecule has 1 aromatic heterocycles. The number of amides is 1. The van der Waals surface area contributed by atoms with Crippen LogP contribution in [-0.2, 0) is 11.2 Å². The first-order valence-corrected chi connectivity index (χ1v) is 8.34. The second-order valence-electron chi connectivity index (χ2n) is 6.09. The zero-order valence-electron chi connectivity index (χ0n) is 15.5. The average Bonchev–Trinajstić information content (AvgIpc) is 2.68. The van der Waals surface area contributed by atoms with Gasteiger partial charge < -0.3 is 29.4 Å². The standard InChI is InChI=1S/C20H19NO7/c1-10-12-5-7-15(22)18(24)19(12)28-20(25)13(10)9-17(23)21-14-6-4-11(26-2)8-16(14)27-3/h4-8,22,24H,9H2,1-3H3,(H,21,23). The number of phenols is 2. The van der Waals surface area contributed by atoms with Crippen molar-refractivity contribution in [3.05, 3.63) is 51.9 Å². The Morgan fingerprint density at radius 3 is 2.57 bits per heavy atom. The Hall–Kier alpha value is -3.68. The van der Waals surface area contributed by atoms with Crippen LogP contribution in [0.5, 0.6) is 23.0 Å². The molecule has 146 valence electrons. The number of hydrogen-bond donors (Lipinski definition) is 3. The summed E-state index contributed by atoms with van der Waals surface area (Å²) < 4.78 is 15.5. The van der Waals surface area contributed by atoms with Crippen LogP contribution in [0, 0.1) is 6.92 Å². The van der Waals surface area contributed by atoms with Gasteiger partial charge in [-0.15, -0.1) is 0 Å². The third kappa shape index (κ3) is 3.44. The Bertz CT molecular complexity index is 1120. The summed E-state index contributed by atoms with van der Waals surface area (Å²) >= 11 is 0. The summed E-state index contributed by atoms with van der Waals surface area (Å²) in [6, 6.07) is 7.73. The van der Waals surface area contributed by atoms with E-state index < -0.39 is 23.0 Å². The molecule has 28 heavy (non-hydrogen) atoms. The summed E-state index contributed by atoms with van der Waals surface area (Å²) in [5.41, 5.74) is 0.186. The molecule has 0 aliphatic rings. The van der Waals surface area contributed by atoms with Crippen LogP contribution in [0.2, 0.25) is 0 Å². The highest BCUT2D eigenvalue weighted by Crippen LogP contribution is 2.35. The predicted octanol–water partition coefficient (Wildman–Crippen LogP) is 2.71. The molecule has 3 rings (SSSR count). The van der Waals surface area contributed by atoms with E-state index in [0.717, 1.165) is 0 Å². The van der Waals surface area contributed by atoms with Gasteiger partial charge in [-0.3, -0.25) is 4.79 Å². The van der Waals surface area contributed by atoms with Crippen LogP contribution >= 0.6 is 0 Å². The van der Waals surface area contributed by atoms with E-state index in [4.69, 9.17) is 13.9 Å². The van der Waals surface area contributed by atoms with Crippen molar-refractivity contribution in [1.82, 2.24) is 0 Å². The molecule has 0 radical (unpaired) electrons. The third-order valence-corrected chi connectivity index (χ3v) is 4.43. The van der Waals surface area contributed by atoms with E-state index in [-0.39, 0.29) is 17.6 Å². The lowest BCUT2D eigenvalue weighted by Gasteiger charge is -2.12. The van der Waals surface area contributed by atoms with E-state index in [1.165, 1.54) is 26.4 Å². The number of fused-ring (bicyclic) bond motifs is 1. The monoisotopic (exact) mass is 385 g/mol. The molecular weight excluding hydrogens is 366 g/mol. The highest BCUT2D eigenvalue weighted by Gasteiger charge is 2.19. The summed E-state index contributed by atoms with van der Waals surface area (Å²) in [5.74, 6) is -0.371. The second-order valence-corrected chi connectivity index (χ2v) is 6.09. The molecule has 0 atom stereocenters. The van der Waals surface area contributed by atoms with Crippen molar-refractivity contribution in [2.24, 2.45) is 0 Å². The summed E-state index contributed by atoms with van der Waals surface area (Å²) in [7, 11) is 2.99. The number of carbonyl (C=O) groups excluding carboxylic acids is 1. The molecule has 0 fully saturated rings. The minimum absolute atomic E-state index is 0.122. The highest BCUT2D eigenvalue weighted by atomic mass is 16.5. The minimum Gasteiger partial charge on any atom is -0.504 e. The number of rotatable bonds is 5. The number of ether oxygens (including phenoxy) is 2. The van der Waals surface area contributed by atoms with E-state index in [1.807, 2.05) is 0 Å². The van der Waals surface area contributed by atoms with Crippen molar-refractivity contribution < 1.29 is 28.9 Å². The fraction of sp³-hybridized carbons (Fsp3) is 0.200. The van der Waals surface area contributed by atoms with Gasteiger partial charge in [0.1, 0.15) is 11.5 Å². The van der Waals surface area contributed by atoms with Crippen LogP contribution in [0.3, 0.4) is 0 Å². The van der Waals surface area contributed by atoms with E-state index >= 15 is 0 Å². The lowest BCUT2D eigenvalue weighted by molar-refractivity contribution is -0.115. The first kappa shape index (κ1) is 19.1. The molecule has 1 amide bonds. The van der Waals surface area contributed by atoms with E-state index in [0.29, 0.717) is 28.1 Å². The molecule has 0 aliphatic carbocycles. The fourth-order valence-corrected chi connectivity index (χ4v) is 2.89. The zero-order valence-corrected chi connectivity index (χ0v) is 15.5. The molecule has 1 heterocycles. The molecule has 0 bridgehead atoms. The van der Waals surface area contributed by atoms with E-state index in [9.17, 15) is 19.8 Å². The zero-order chi connectivity index (χ0) is 20.4. The Labute approximate surface area is 159 Å². The smallest absolute Gasteiger partial charge is 0.340 e. The molecule has 0 aliphatic heterocycles. The number of aromatic hydroxyl groups is 2. The summed E-state index contributed by atoms with van der Waals surface area (Å²) in [5, 5.41) is 22.6. The van der Waals surface area contributed by atoms with Gasteiger partial charge in [0.2, 0.25) is 11.7 Å². The number of anilines is 1. The molecule has 8 heteroatoms. The second kappa shape index (κ2) is 7.51. The Kier molecular flexibility index (Phi) is 5.12. The number of carbonyl (C=O) groups is 1. The van der Waals surface area contributed by atoms with Crippen LogP contribution in [0.1, 0.15) is 11.1 Å². The molecular formula is C20H19NO7. The number of hydrogen-bond acceptors (Lipinski definition) is 7. The third-order valence-electron chi connectivity index (χ3n) is 4.43. The Balaban J connectivity index is 1.92. The number of aryl methyl sites for hydroxylation is 1. The highest BCUT2D eigenvalue weighted by molar-refractivity contribution is 5.95. The normalized spacial score (nSPS) is 10.7. The van der Waals surface area contributed by atoms with Gasteiger partial charge in [-0.25, -0.2) is 4.79 Å². The Morgan fingerprint density at radius 2 is 1.89 bits per heavy atom. The van der Waals surface area contributed by atoms with Crippen LogP contribution in [-0.4, -0.2) is 30.3 Å². The number of methoxy groups -OCH3 is 2. The average molecular weight is 385 g/mol. The van der Waals surface area contributed by atoms with Gasteiger partial charge in [-0.1, -0.05) is 0 Å². The maximum absolute atomic E-state index is 12.5. The van der Waals surface area contributed by atoms with Gasteiger partial charge >= 0.3 is 5.63 Å². The van der Waals surface area contributed by atoms with Crippen molar-refractivity contribution in [3.8, 4) is 23.0 Å². The van der Waals surface area contributed by atoms with E-state index in [1.54, 1.807) is 25.1 Å². The van der Waals surface area contributed by atoms with Crippen LogP contribution in [0.15, 0.2) is 39.5 Å². The van der Waals surface area contributed by atoms with Crippen molar-refractivity contribution in [2.45, 2.75) is 13.3 Å². The molecule has 0 unspecified atom stereocenters. The van der Waals surface area contributed by atoms with Gasteiger partial charge in [0.25, 0.3) is 0 Å². The lowest BCUT2D eigenvalue weighted by Crippen LogP contribution is -2.21. The van der Waals surface area contributed by atoms with E-state index in [2.05, 4.69) is 5.32 Å². The first-order chi connectivity index (χ1) is 13.3. The summed E-state index contributed by atoms with van der Waals surface area (Å²) in [6.07, 6.45) is -0.235. The van der Waals surface area contributed by atoms with Crippen molar-refractivity contribution in [2.75, 3.05) is 19.5 Å². The van der Waals surface area contributed by atoms with Crippen LogP contribution in [0.4, 0.5) is 5.69 Å². The molecule has 0 spiro atoms. The van der Waals surface area contributed by atoms with Crippen molar-refractivity contribution in [1.29, 1.82) is 0 Å². The quantitative estimate of drug-likeness (QED) is 0.456. The van der Waals surface area contributed by atoms with Crippen molar-refractivity contribution >= 4 is 22.6 Å². The van der Waals surface area contributed by atoms with Gasteiger partial charge in [0.15, 0.2) is 11.3 Å². The maximum Gasteiger partial charge on any atom is 0.340 e. The molecule has 3 N–H and O–H groups in total. The van der Waals surface area contributed by atoms with Gasteiger partial charge in [0, 0.05) is 11.5 Å². The van der Waals surface area contributed by atoms with Crippen LogP contribution < -0.4 is 20.4 Å². The van der Waals surface area contributed by atoms with Gasteiger partial charge in [-0.05, 0) is 36.8 Å². The molecule has 0 saturated carbocycles. The largest absolute Gasteiger partial charge is 0.504 e. The maximum atomic E-state index is 12.5. The lowest BCUT2D eigenvalue weighted by atomic mass is 10.0. The SMILES string of the molecule is COc1ccc(NC(=O)Cc2c(C)c3ccc(O)c(O)c3oc2=O)c(OC)c1. The predicted molar refractivity (Wildman–Crippen MR) is 102 cm³/mol. The Morgan fingerprint density at radius 1 is 1.14 bits per heavy atom. The number of benzene rings is 2. The van der Waals surface area contributed by atoms with Crippen LogP contribution in [0.25, 0.3) is 11.0 Å². The van der Waals surface area contributed by atoms with Gasteiger partial charge in [-0.2, -0.15) is 0 Å².